The lowest BCUT2D eigenvalue weighted by Gasteiger charge is -2.28. The van der Waals surface area contributed by atoms with E-state index in [0.717, 1.165) is 38.1 Å². The van der Waals surface area contributed by atoms with Gasteiger partial charge in [-0.05, 0) is 64.9 Å². The van der Waals surface area contributed by atoms with Crippen molar-refractivity contribution in [1.82, 2.24) is 47.5 Å². The van der Waals surface area contributed by atoms with Crippen molar-refractivity contribution in [2.24, 2.45) is 5.73 Å². The van der Waals surface area contributed by atoms with Gasteiger partial charge in [0.1, 0.15) is 48.0 Å². The highest BCUT2D eigenvalue weighted by atomic mass is 33.1. The zero-order valence-electron chi connectivity index (χ0n) is 46.7. The zero-order valence-corrected chi connectivity index (χ0v) is 48.3. The van der Waals surface area contributed by atoms with E-state index >= 15 is 9.59 Å². The highest BCUT2D eigenvalue weighted by Crippen LogP contribution is 2.25. The van der Waals surface area contributed by atoms with E-state index in [-0.39, 0.29) is 55.4 Å². The number of H-pyrrole nitrogens is 1. The summed E-state index contributed by atoms with van der Waals surface area (Å²) in [7, 11) is 1.94. The highest BCUT2D eigenvalue weighted by Gasteiger charge is 2.37. The number of phenols is 1. The maximum Gasteiger partial charge on any atom is 0.327 e. The predicted octanol–water partition coefficient (Wildman–Crippen LogP) is 2.47. The molecule has 23 heteroatoms. The van der Waals surface area contributed by atoms with Gasteiger partial charge in [0.25, 0.3) is 0 Å². The Balaban J connectivity index is 1.29. The van der Waals surface area contributed by atoms with E-state index in [1.807, 2.05) is 50.2 Å². The zero-order chi connectivity index (χ0) is 60.3. The van der Waals surface area contributed by atoms with Crippen LogP contribution in [-0.4, -0.2) is 140 Å². The molecule has 0 bridgehead atoms. The van der Waals surface area contributed by atoms with Crippen molar-refractivity contribution >= 4 is 79.8 Å². The number of carbonyl (C=O) groups excluding carboxylic acids is 7. The van der Waals surface area contributed by atoms with Gasteiger partial charge in [0.15, 0.2) is 0 Å². The molecule has 1 aliphatic rings. The number of aromatic hydroxyl groups is 1. The molecule has 2 heterocycles. The molecule has 9 atom stereocenters. The Morgan fingerprint density at radius 1 is 0.571 bits per heavy atom. The van der Waals surface area contributed by atoms with Gasteiger partial charge in [-0.1, -0.05) is 151 Å². The van der Waals surface area contributed by atoms with Crippen molar-refractivity contribution < 1.29 is 53.7 Å². The molecule has 1 fully saturated rings. The Bertz CT molecular complexity index is 3210. The Kier molecular flexibility index (Phi) is 23.3. The molecule has 444 valence electrons. The summed E-state index contributed by atoms with van der Waals surface area (Å²) in [5.74, 6) is -7.99. The molecule has 7 amide bonds. The number of aliphatic hydroxyl groups is 1. The maximum atomic E-state index is 15.2. The van der Waals surface area contributed by atoms with Gasteiger partial charge in [0.2, 0.25) is 41.4 Å². The monoisotopic (exact) mass is 1180 g/mol. The molecule has 84 heavy (non-hydrogen) atoms. The fourth-order valence-electron chi connectivity index (χ4n) is 9.27. The Morgan fingerprint density at radius 3 is 1.62 bits per heavy atom. The number of benzene rings is 5. The summed E-state index contributed by atoms with van der Waals surface area (Å²) < 4.78 is 0. The summed E-state index contributed by atoms with van der Waals surface area (Å²) in [5.41, 5.74) is 11.1. The average molecular weight is 1190 g/mol. The molecule has 14 N–H and O–H groups in total. The molecule has 0 aliphatic carbocycles. The van der Waals surface area contributed by atoms with Crippen LogP contribution in [0.2, 0.25) is 0 Å². The Labute approximate surface area is 494 Å². The number of rotatable bonds is 17. The largest absolute Gasteiger partial charge is 0.508 e. The van der Waals surface area contributed by atoms with Gasteiger partial charge in [0, 0.05) is 66.9 Å². The number of phenolic OH excluding ortho intramolecular Hbond substituents is 1. The van der Waals surface area contributed by atoms with Crippen LogP contribution in [0, 0.1) is 0 Å². The third kappa shape index (κ3) is 18.9. The lowest BCUT2D eigenvalue weighted by molar-refractivity contribution is -0.141. The molecule has 0 spiro atoms. The second kappa shape index (κ2) is 30.9. The van der Waals surface area contributed by atoms with Crippen molar-refractivity contribution in [1.29, 1.82) is 0 Å². The number of aromatic nitrogens is 1. The lowest BCUT2D eigenvalue weighted by atomic mass is 9.99. The molecule has 0 radical (unpaired) electrons. The number of carboxylic acid groups (broad SMARTS) is 1. The molecule has 1 aromatic heterocycles. The molecule has 6 aromatic rings. The topological polar surface area (TPSA) is 335 Å². The van der Waals surface area contributed by atoms with E-state index in [4.69, 9.17) is 5.73 Å². The molecule has 1 saturated heterocycles. The van der Waals surface area contributed by atoms with Crippen molar-refractivity contribution in [3.05, 3.63) is 173 Å². The van der Waals surface area contributed by atoms with Gasteiger partial charge in [-0.15, -0.1) is 0 Å². The van der Waals surface area contributed by atoms with E-state index in [0.29, 0.717) is 34.4 Å². The van der Waals surface area contributed by atoms with E-state index in [2.05, 4.69) is 47.5 Å². The molecular formula is C61H72N10O11S2. The predicted molar refractivity (Wildman–Crippen MR) is 322 cm³/mol. The number of carbonyl (C=O) groups is 8. The number of hydrogen-bond acceptors (Lipinski definition) is 14. The molecule has 5 aromatic carbocycles. The van der Waals surface area contributed by atoms with E-state index in [9.17, 15) is 44.1 Å². The van der Waals surface area contributed by atoms with Gasteiger partial charge in [-0.25, -0.2) is 4.79 Å². The number of nitrogens with two attached hydrogens (primary N) is 1. The summed E-state index contributed by atoms with van der Waals surface area (Å²) in [6, 6.07) is 26.5. The normalized spacial score (nSPS) is 21.6. The SMILES string of the molecule is CC(C)NCc1ccc(CC2NC(=O)C(Cc3c[nH]c4ccccc34)NC(=O)[C@H](Cc3ccccc3)NC(=O)C(NC(=O)[C@@H](N)Cc3ccc(O)cc3)CSSC[C@@H](C(=O)O)NC(=O)[C@H](Cc3ccccc3)NC(=O)C([C@@H](C)O)NC2=O)cc1. The lowest BCUT2D eigenvalue weighted by Crippen LogP contribution is -2.62. The average Bonchev–Trinajstić information content (AvgIpc) is 4.09. The number of nitrogens with one attached hydrogen (secondary N) is 9. The van der Waals surface area contributed by atoms with Crippen molar-refractivity contribution in [3.8, 4) is 5.75 Å². The van der Waals surface area contributed by atoms with Gasteiger partial charge in [-0.3, -0.25) is 33.6 Å². The summed E-state index contributed by atoms with van der Waals surface area (Å²) in [4.78, 5) is 118. The van der Waals surface area contributed by atoms with Crippen LogP contribution in [0.4, 0.5) is 0 Å². The Hall–Kier alpha value is -8.22. The van der Waals surface area contributed by atoms with Gasteiger partial charge < -0.3 is 68.6 Å². The van der Waals surface area contributed by atoms with Crippen LogP contribution in [0.25, 0.3) is 10.9 Å². The standard InChI is InChI=1S/C61H72N10O11S2/c1-35(2)63-31-41-20-18-40(19-21-41)29-49-58(78)71-53(36(3)72)60(80)68-48(28-38-14-8-5-9-15-38)56(76)70-52(61(81)82)34-84-83-33-51(69-54(74)45(62)26-39-22-24-43(73)25-23-39)59(79)66-47(27-37-12-6-4-7-13-37)55(75)67-50(57(77)65-49)30-42-32-64-46-17-11-10-16-44(42)46/h4-25,32,35-36,45,47-53,63-64,72-73H,26-31,33-34,62H2,1-3H3,(H,65,77)(H,66,79)(H,67,75)(H,68,80)(H,69,74)(H,70,76)(H,71,78)(H,81,82)/t36-,45+,47+,48+,49?,50?,51?,52+,53?/m1/s1. The van der Waals surface area contributed by atoms with Crippen LogP contribution >= 0.6 is 21.6 Å². The quantitative estimate of drug-likeness (QED) is 0.0584. The molecule has 7 rings (SSSR count). The van der Waals surface area contributed by atoms with Crippen LogP contribution in [0.15, 0.2) is 140 Å². The third-order valence-corrected chi connectivity index (χ3v) is 16.4. The third-order valence-electron chi connectivity index (χ3n) is 14.0. The number of aliphatic hydroxyl groups excluding tert-OH is 1. The van der Waals surface area contributed by atoms with Gasteiger partial charge in [-0.2, -0.15) is 0 Å². The Morgan fingerprint density at radius 2 is 1.05 bits per heavy atom. The minimum atomic E-state index is -1.73. The summed E-state index contributed by atoms with van der Waals surface area (Å²) in [6.07, 6.45) is -0.408. The second-order valence-corrected chi connectivity index (χ2v) is 23.5. The number of aromatic amines is 1. The number of para-hydroxylation sites is 1. The fraction of sp³-hybridized carbons (Fsp3) is 0.344. The summed E-state index contributed by atoms with van der Waals surface area (Å²) in [5, 5.41) is 54.5. The minimum Gasteiger partial charge on any atom is -0.508 e. The second-order valence-electron chi connectivity index (χ2n) is 21.0. The van der Waals surface area contributed by atoms with Crippen molar-refractivity contribution in [2.75, 3.05) is 11.5 Å². The van der Waals surface area contributed by atoms with Crippen molar-refractivity contribution in [2.45, 2.75) is 120 Å². The summed E-state index contributed by atoms with van der Waals surface area (Å²) >= 11 is 0. The van der Waals surface area contributed by atoms with Gasteiger partial charge >= 0.3 is 5.97 Å². The van der Waals surface area contributed by atoms with Crippen LogP contribution < -0.4 is 48.3 Å². The number of hydrogen-bond donors (Lipinski definition) is 13. The number of amides is 7. The first-order valence-corrected chi connectivity index (χ1v) is 30.0. The molecule has 21 nitrogen and oxygen atoms in total. The van der Waals surface area contributed by atoms with E-state index < -0.39 is 102 Å². The fourth-order valence-corrected chi connectivity index (χ4v) is 11.6. The van der Waals surface area contributed by atoms with Crippen LogP contribution in [0.5, 0.6) is 5.75 Å². The highest BCUT2D eigenvalue weighted by molar-refractivity contribution is 8.76. The number of fused-ring (bicyclic) bond motifs is 1. The molecule has 0 saturated carbocycles. The minimum absolute atomic E-state index is 0.00439. The van der Waals surface area contributed by atoms with Crippen molar-refractivity contribution in [3.63, 3.8) is 0 Å². The molecule has 1 aliphatic heterocycles. The first-order valence-electron chi connectivity index (χ1n) is 27.6. The molecule has 4 unspecified atom stereocenters. The van der Waals surface area contributed by atoms with Gasteiger partial charge in [0.05, 0.1) is 12.1 Å². The number of carboxylic acids is 1. The first kappa shape index (κ1) is 63.4. The summed E-state index contributed by atoms with van der Waals surface area (Å²) in [6.45, 7) is 5.84. The van der Waals surface area contributed by atoms with E-state index in [1.165, 1.54) is 19.1 Å². The number of aliphatic carboxylic acids is 1. The van der Waals surface area contributed by atoms with E-state index in [1.54, 1.807) is 91.1 Å². The van der Waals surface area contributed by atoms with Crippen LogP contribution in [0.1, 0.15) is 54.2 Å². The van der Waals surface area contributed by atoms with Crippen LogP contribution in [-0.2, 0) is 77.0 Å². The first-order chi connectivity index (χ1) is 40.3. The molecular weight excluding hydrogens is 1110 g/mol. The van der Waals surface area contributed by atoms with Crippen LogP contribution in [0.3, 0.4) is 0 Å². The maximum absolute atomic E-state index is 15.2. The smallest absolute Gasteiger partial charge is 0.327 e.